The van der Waals surface area contributed by atoms with E-state index in [1.165, 1.54) is 4.90 Å². The summed E-state index contributed by atoms with van der Waals surface area (Å²) >= 11 is 0. The first-order valence-electron chi connectivity index (χ1n) is 5.15. The maximum absolute atomic E-state index is 11.9. The molecular formula is C12H13NO2. The second-order valence-electron chi connectivity index (χ2n) is 3.85. The van der Waals surface area contributed by atoms with Crippen molar-refractivity contribution < 1.29 is 9.59 Å². The number of allylic oxidation sites excluding steroid dienone is 2. The number of nitrogens with zero attached hydrogens (tertiary/aromatic N) is 1. The lowest BCUT2D eigenvalue weighted by Crippen LogP contribution is -2.31. The monoisotopic (exact) mass is 203 g/mol. The van der Waals surface area contributed by atoms with Crippen LogP contribution in [0.25, 0.3) is 0 Å². The number of fused-ring (bicyclic) bond motifs is 1. The Balaban J connectivity index is 2.19. The summed E-state index contributed by atoms with van der Waals surface area (Å²) in [5.41, 5.74) is 0. The smallest absolute Gasteiger partial charge is 0.234 e. The molecule has 1 aliphatic carbocycles. The maximum atomic E-state index is 11.9. The number of imide groups is 1. The van der Waals surface area contributed by atoms with E-state index in [9.17, 15) is 9.59 Å². The molecule has 1 heterocycles. The molecule has 2 amide bonds. The molecule has 1 aliphatic heterocycles. The topological polar surface area (TPSA) is 37.4 Å². The molecule has 0 saturated carbocycles. The van der Waals surface area contributed by atoms with Gasteiger partial charge in [-0.25, -0.2) is 0 Å². The third-order valence-electron chi connectivity index (χ3n) is 3.01. The summed E-state index contributed by atoms with van der Waals surface area (Å²) in [6.07, 6.45) is 5.37. The summed E-state index contributed by atoms with van der Waals surface area (Å²) in [6.45, 7) is 1.96. The largest absolute Gasteiger partial charge is 0.274 e. The van der Waals surface area contributed by atoms with Crippen molar-refractivity contribution in [3.63, 3.8) is 0 Å². The summed E-state index contributed by atoms with van der Waals surface area (Å²) in [6, 6.07) is 0. The second-order valence-corrected chi connectivity index (χ2v) is 3.85. The van der Waals surface area contributed by atoms with Gasteiger partial charge in [0.25, 0.3) is 0 Å². The van der Waals surface area contributed by atoms with Crippen molar-refractivity contribution in [2.24, 2.45) is 11.8 Å². The Morgan fingerprint density at radius 3 is 2.27 bits per heavy atom. The van der Waals surface area contributed by atoms with Crippen LogP contribution < -0.4 is 0 Å². The van der Waals surface area contributed by atoms with Crippen molar-refractivity contribution in [2.45, 2.75) is 19.8 Å². The zero-order chi connectivity index (χ0) is 10.8. The van der Waals surface area contributed by atoms with Crippen molar-refractivity contribution >= 4 is 11.8 Å². The molecular weight excluding hydrogens is 190 g/mol. The van der Waals surface area contributed by atoms with Gasteiger partial charge in [-0.05, 0) is 19.8 Å². The average Bonchev–Trinajstić information content (AvgIpc) is 2.51. The molecule has 1 saturated heterocycles. The van der Waals surface area contributed by atoms with Gasteiger partial charge in [-0.2, -0.15) is 0 Å². The Labute approximate surface area is 89.1 Å². The van der Waals surface area contributed by atoms with Crippen molar-refractivity contribution in [1.82, 2.24) is 4.90 Å². The lowest BCUT2D eigenvalue weighted by atomic mass is 9.85. The van der Waals surface area contributed by atoms with Crippen LogP contribution in [0.3, 0.4) is 0 Å². The minimum absolute atomic E-state index is 0.0444. The fraction of sp³-hybridized carbons (Fsp3) is 0.500. The molecule has 2 aliphatic rings. The summed E-state index contributed by atoms with van der Waals surface area (Å²) in [5.74, 6) is 5.14. The first kappa shape index (κ1) is 9.97. The van der Waals surface area contributed by atoms with E-state index >= 15 is 0 Å². The maximum Gasteiger partial charge on any atom is 0.234 e. The summed E-state index contributed by atoms with van der Waals surface area (Å²) < 4.78 is 0. The first-order valence-corrected chi connectivity index (χ1v) is 5.15. The van der Waals surface area contributed by atoms with Gasteiger partial charge in [-0.3, -0.25) is 14.5 Å². The van der Waals surface area contributed by atoms with Crippen LogP contribution in [-0.2, 0) is 9.59 Å². The minimum atomic E-state index is -0.124. The van der Waals surface area contributed by atoms with Gasteiger partial charge >= 0.3 is 0 Å². The lowest BCUT2D eigenvalue weighted by molar-refractivity contribution is -0.139. The molecule has 2 rings (SSSR count). The van der Waals surface area contributed by atoms with Crippen LogP contribution in [0.5, 0.6) is 0 Å². The van der Waals surface area contributed by atoms with Crippen molar-refractivity contribution in [2.75, 3.05) is 6.54 Å². The van der Waals surface area contributed by atoms with E-state index in [2.05, 4.69) is 11.8 Å². The van der Waals surface area contributed by atoms with E-state index in [-0.39, 0.29) is 30.2 Å². The van der Waals surface area contributed by atoms with Gasteiger partial charge in [0.2, 0.25) is 11.8 Å². The Hall–Kier alpha value is -1.56. The van der Waals surface area contributed by atoms with E-state index in [1.54, 1.807) is 6.92 Å². The number of carbonyl (C=O) groups is 2. The van der Waals surface area contributed by atoms with Crippen molar-refractivity contribution in [1.29, 1.82) is 0 Å². The second kappa shape index (κ2) is 3.90. The minimum Gasteiger partial charge on any atom is -0.274 e. The van der Waals surface area contributed by atoms with Crippen LogP contribution >= 0.6 is 0 Å². The van der Waals surface area contributed by atoms with E-state index in [0.29, 0.717) is 12.8 Å². The van der Waals surface area contributed by atoms with Gasteiger partial charge in [0.1, 0.15) is 0 Å². The molecule has 0 aromatic heterocycles. The fourth-order valence-electron chi connectivity index (χ4n) is 2.18. The molecule has 0 aromatic rings. The highest BCUT2D eigenvalue weighted by Crippen LogP contribution is 2.34. The lowest BCUT2D eigenvalue weighted by Gasteiger charge is -2.14. The normalized spacial score (nSPS) is 28.7. The Morgan fingerprint density at radius 1 is 1.27 bits per heavy atom. The predicted molar refractivity (Wildman–Crippen MR) is 55.5 cm³/mol. The Bertz CT molecular complexity index is 360. The standard InChI is InChI=1S/C12H13NO2/c1-2-3-8-13-11(14)9-6-4-5-7-10(9)12(13)15/h4-5,9-10H,6-8H2,1H3/t9-,10-/m0/s1. The number of amides is 2. The SMILES string of the molecule is CC#CCN1C(=O)[C@H]2CC=CC[C@@H]2C1=O. The van der Waals surface area contributed by atoms with Gasteiger partial charge in [0.05, 0.1) is 18.4 Å². The van der Waals surface area contributed by atoms with Crippen LogP contribution in [-0.4, -0.2) is 23.3 Å². The van der Waals surface area contributed by atoms with E-state index in [0.717, 1.165) is 0 Å². The predicted octanol–water partition coefficient (Wildman–Crippen LogP) is 0.961. The van der Waals surface area contributed by atoms with Gasteiger partial charge in [0.15, 0.2) is 0 Å². The van der Waals surface area contributed by atoms with Crippen LogP contribution in [0.2, 0.25) is 0 Å². The third kappa shape index (κ3) is 1.56. The molecule has 0 aromatic carbocycles. The van der Waals surface area contributed by atoms with Crippen LogP contribution in [0, 0.1) is 23.7 Å². The van der Waals surface area contributed by atoms with Crippen LogP contribution in [0.4, 0.5) is 0 Å². The van der Waals surface area contributed by atoms with Crippen molar-refractivity contribution in [3.05, 3.63) is 12.2 Å². The number of likely N-dealkylation sites (tertiary alicyclic amines) is 1. The molecule has 0 radical (unpaired) electrons. The molecule has 0 unspecified atom stereocenters. The van der Waals surface area contributed by atoms with E-state index in [1.807, 2.05) is 12.2 Å². The highest BCUT2D eigenvalue weighted by molar-refractivity contribution is 6.05. The number of carbonyl (C=O) groups excluding carboxylic acids is 2. The van der Waals surface area contributed by atoms with Gasteiger partial charge < -0.3 is 0 Å². The molecule has 15 heavy (non-hydrogen) atoms. The number of rotatable bonds is 1. The molecule has 3 heteroatoms. The number of hydrogen-bond donors (Lipinski definition) is 0. The Morgan fingerprint density at radius 2 is 1.80 bits per heavy atom. The van der Waals surface area contributed by atoms with Gasteiger partial charge in [0, 0.05) is 0 Å². The van der Waals surface area contributed by atoms with Gasteiger partial charge in [-0.15, -0.1) is 5.92 Å². The molecule has 2 atom stereocenters. The van der Waals surface area contributed by atoms with E-state index in [4.69, 9.17) is 0 Å². The highest BCUT2D eigenvalue weighted by atomic mass is 16.2. The summed E-state index contributed by atoms with van der Waals surface area (Å²) in [4.78, 5) is 25.0. The first-order chi connectivity index (χ1) is 7.25. The quantitative estimate of drug-likeness (QED) is 0.361. The molecule has 0 N–H and O–H groups in total. The highest BCUT2D eigenvalue weighted by Gasteiger charge is 2.46. The molecule has 78 valence electrons. The summed E-state index contributed by atoms with van der Waals surface area (Å²) in [7, 11) is 0. The Kier molecular flexibility index (Phi) is 2.59. The number of hydrogen-bond acceptors (Lipinski definition) is 2. The average molecular weight is 203 g/mol. The third-order valence-corrected chi connectivity index (χ3v) is 3.01. The van der Waals surface area contributed by atoms with Crippen LogP contribution in [0.1, 0.15) is 19.8 Å². The molecule has 0 spiro atoms. The zero-order valence-corrected chi connectivity index (χ0v) is 8.69. The van der Waals surface area contributed by atoms with Crippen LogP contribution in [0.15, 0.2) is 12.2 Å². The molecule has 3 nitrogen and oxygen atoms in total. The van der Waals surface area contributed by atoms with E-state index < -0.39 is 0 Å². The van der Waals surface area contributed by atoms with Crippen molar-refractivity contribution in [3.8, 4) is 11.8 Å². The summed E-state index contributed by atoms with van der Waals surface area (Å²) in [5, 5.41) is 0. The fourth-order valence-corrected chi connectivity index (χ4v) is 2.18. The molecule has 0 bridgehead atoms. The van der Waals surface area contributed by atoms with Gasteiger partial charge in [-0.1, -0.05) is 18.1 Å². The molecule has 1 fully saturated rings. The zero-order valence-electron chi connectivity index (χ0n) is 8.69.